The molecule has 45 heavy (non-hydrogen) atoms. The SMILES string of the molecule is COc1ccc(OCCNC(=O)[C@@H]2CCC(=O)N[C@@H](Cc3ccc(O)cc3)C(=O)NCCCOc3ccccc3C(=O)N2)cc1. The number of carbonyl (C=O) groups is 4. The summed E-state index contributed by atoms with van der Waals surface area (Å²) in [6, 6.07) is 18.1. The Morgan fingerprint density at radius 2 is 1.71 bits per heavy atom. The summed E-state index contributed by atoms with van der Waals surface area (Å²) in [6.07, 6.45) is 0.472. The van der Waals surface area contributed by atoms with Crippen LogP contribution in [0.1, 0.15) is 35.2 Å². The van der Waals surface area contributed by atoms with Crippen molar-refractivity contribution in [3.8, 4) is 23.0 Å². The van der Waals surface area contributed by atoms with E-state index >= 15 is 0 Å². The van der Waals surface area contributed by atoms with Crippen LogP contribution in [0.25, 0.3) is 0 Å². The van der Waals surface area contributed by atoms with Gasteiger partial charge >= 0.3 is 0 Å². The highest BCUT2D eigenvalue weighted by Crippen LogP contribution is 2.19. The Kier molecular flexibility index (Phi) is 12.0. The van der Waals surface area contributed by atoms with E-state index in [9.17, 15) is 24.3 Å². The van der Waals surface area contributed by atoms with Crippen LogP contribution in [0.3, 0.4) is 0 Å². The molecule has 2 atom stereocenters. The number of rotatable bonds is 8. The second kappa shape index (κ2) is 16.6. The van der Waals surface area contributed by atoms with Gasteiger partial charge < -0.3 is 40.6 Å². The zero-order valence-electron chi connectivity index (χ0n) is 25.0. The molecular formula is C33H38N4O8. The van der Waals surface area contributed by atoms with E-state index in [1.165, 1.54) is 12.1 Å². The van der Waals surface area contributed by atoms with Crippen molar-refractivity contribution in [1.29, 1.82) is 0 Å². The monoisotopic (exact) mass is 618 g/mol. The van der Waals surface area contributed by atoms with E-state index in [2.05, 4.69) is 21.3 Å². The molecule has 12 nitrogen and oxygen atoms in total. The molecule has 0 saturated heterocycles. The Morgan fingerprint density at radius 1 is 0.978 bits per heavy atom. The third kappa shape index (κ3) is 10.2. The second-order valence-corrected chi connectivity index (χ2v) is 10.4. The molecule has 0 aromatic heterocycles. The Balaban J connectivity index is 1.45. The quantitative estimate of drug-likeness (QED) is 0.240. The van der Waals surface area contributed by atoms with Crippen LogP contribution < -0.4 is 35.5 Å². The van der Waals surface area contributed by atoms with Crippen molar-refractivity contribution in [1.82, 2.24) is 21.3 Å². The first-order valence-corrected chi connectivity index (χ1v) is 14.7. The van der Waals surface area contributed by atoms with Crippen molar-refractivity contribution in [2.75, 3.05) is 33.4 Å². The first-order chi connectivity index (χ1) is 21.8. The summed E-state index contributed by atoms with van der Waals surface area (Å²) in [6.45, 7) is 0.833. The average molecular weight is 619 g/mol. The summed E-state index contributed by atoms with van der Waals surface area (Å²) in [7, 11) is 1.57. The van der Waals surface area contributed by atoms with Crippen LogP contribution >= 0.6 is 0 Å². The standard InChI is InChI=1S/C33H38N4O8/c1-43-24-11-13-25(14-12-24)44-20-18-35-32(41)27-15-16-30(39)36-28(21-22-7-9-23(38)10-8-22)33(42)34-17-4-19-45-29-6-3-2-5-26(29)31(40)37-27/h2-3,5-14,27-28,38H,4,15-21H2,1H3,(H,34,42)(H,35,41)(H,36,39)(H,37,40)/t27-,28-/m0/s1. The largest absolute Gasteiger partial charge is 0.508 e. The predicted octanol–water partition coefficient (Wildman–Crippen LogP) is 2.10. The molecule has 1 aliphatic rings. The van der Waals surface area contributed by atoms with Crippen molar-refractivity contribution in [2.24, 2.45) is 0 Å². The molecule has 238 valence electrons. The van der Waals surface area contributed by atoms with E-state index in [4.69, 9.17) is 14.2 Å². The summed E-state index contributed by atoms with van der Waals surface area (Å²) in [4.78, 5) is 52.7. The molecule has 0 saturated carbocycles. The summed E-state index contributed by atoms with van der Waals surface area (Å²) in [5.74, 6) is -0.132. The fraction of sp³-hybridized carbons (Fsp3) is 0.333. The molecule has 4 rings (SSSR count). The minimum absolute atomic E-state index is 0.0285. The summed E-state index contributed by atoms with van der Waals surface area (Å²) < 4.78 is 16.7. The molecule has 12 heteroatoms. The smallest absolute Gasteiger partial charge is 0.255 e. The molecule has 1 heterocycles. The molecule has 4 amide bonds. The van der Waals surface area contributed by atoms with E-state index < -0.39 is 29.8 Å². The second-order valence-electron chi connectivity index (χ2n) is 10.4. The molecule has 5 N–H and O–H groups in total. The first kappa shape index (κ1) is 32.6. The number of para-hydroxylation sites is 1. The Bertz CT molecular complexity index is 1450. The number of carbonyl (C=O) groups excluding carboxylic acids is 4. The van der Waals surface area contributed by atoms with Crippen molar-refractivity contribution < 1.29 is 38.5 Å². The number of phenols is 1. The van der Waals surface area contributed by atoms with Gasteiger partial charge in [-0.2, -0.15) is 0 Å². The van der Waals surface area contributed by atoms with E-state index in [-0.39, 0.29) is 56.2 Å². The van der Waals surface area contributed by atoms with Crippen LogP contribution in [-0.4, -0.2) is 74.2 Å². The van der Waals surface area contributed by atoms with Gasteiger partial charge in [0.05, 0.1) is 25.8 Å². The molecule has 3 aromatic carbocycles. The van der Waals surface area contributed by atoms with Crippen LogP contribution in [0.4, 0.5) is 0 Å². The number of hydrogen-bond donors (Lipinski definition) is 5. The van der Waals surface area contributed by atoms with Gasteiger partial charge in [0.1, 0.15) is 41.7 Å². The first-order valence-electron chi connectivity index (χ1n) is 14.7. The zero-order valence-corrected chi connectivity index (χ0v) is 25.0. The van der Waals surface area contributed by atoms with Gasteiger partial charge in [0, 0.05) is 19.4 Å². The number of benzene rings is 3. The van der Waals surface area contributed by atoms with Crippen LogP contribution in [0, 0.1) is 0 Å². The number of methoxy groups -OCH3 is 1. The summed E-state index contributed by atoms with van der Waals surface area (Å²) >= 11 is 0. The van der Waals surface area contributed by atoms with Gasteiger partial charge in [0.25, 0.3) is 5.91 Å². The Morgan fingerprint density at radius 3 is 2.47 bits per heavy atom. The zero-order chi connectivity index (χ0) is 32.0. The van der Waals surface area contributed by atoms with E-state index in [0.717, 1.165) is 5.56 Å². The van der Waals surface area contributed by atoms with Crippen LogP contribution in [0.5, 0.6) is 23.0 Å². The minimum atomic E-state index is -1.06. The Hall–Kier alpha value is -5.26. The molecular weight excluding hydrogens is 580 g/mol. The highest BCUT2D eigenvalue weighted by atomic mass is 16.5. The summed E-state index contributed by atoms with van der Waals surface area (Å²) in [5.41, 5.74) is 0.983. The van der Waals surface area contributed by atoms with Gasteiger partial charge in [0.15, 0.2) is 0 Å². The topological polar surface area (TPSA) is 164 Å². The van der Waals surface area contributed by atoms with Crippen molar-refractivity contribution in [3.63, 3.8) is 0 Å². The molecule has 0 unspecified atom stereocenters. The predicted molar refractivity (Wildman–Crippen MR) is 165 cm³/mol. The fourth-order valence-electron chi connectivity index (χ4n) is 4.63. The number of nitrogens with one attached hydrogen (secondary N) is 4. The minimum Gasteiger partial charge on any atom is -0.508 e. The number of aromatic hydroxyl groups is 1. The molecule has 0 bridgehead atoms. The maximum absolute atomic E-state index is 13.3. The van der Waals surface area contributed by atoms with Crippen molar-refractivity contribution in [3.05, 3.63) is 83.9 Å². The molecule has 1 aliphatic heterocycles. The van der Waals surface area contributed by atoms with Gasteiger partial charge in [-0.3, -0.25) is 19.2 Å². The molecule has 0 spiro atoms. The van der Waals surface area contributed by atoms with Gasteiger partial charge in [0.2, 0.25) is 17.7 Å². The van der Waals surface area contributed by atoms with E-state index in [1.54, 1.807) is 67.8 Å². The van der Waals surface area contributed by atoms with Crippen LogP contribution in [-0.2, 0) is 20.8 Å². The number of fused-ring (bicyclic) bond motifs is 1. The third-order valence-electron chi connectivity index (χ3n) is 7.05. The molecule has 0 radical (unpaired) electrons. The highest BCUT2D eigenvalue weighted by Gasteiger charge is 2.26. The number of phenolic OH excluding ortho intramolecular Hbond substituents is 1. The van der Waals surface area contributed by atoms with Crippen molar-refractivity contribution >= 4 is 23.6 Å². The van der Waals surface area contributed by atoms with Gasteiger partial charge in [-0.25, -0.2) is 0 Å². The Labute approximate surface area is 261 Å². The number of amides is 4. The van der Waals surface area contributed by atoms with Gasteiger partial charge in [-0.05, 0) is 66.9 Å². The third-order valence-corrected chi connectivity index (χ3v) is 7.05. The highest BCUT2D eigenvalue weighted by molar-refractivity contribution is 5.99. The van der Waals surface area contributed by atoms with Gasteiger partial charge in [-0.1, -0.05) is 24.3 Å². The lowest BCUT2D eigenvalue weighted by molar-refractivity contribution is -0.129. The molecule has 3 aromatic rings. The van der Waals surface area contributed by atoms with Gasteiger partial charge in [-0.15, -0.1) is 0 Å². The van der Waals surface area contributed by atoms with Crippen LogP contribution in [0.2, 0.25) is 0 Å². The lowest BCUT2D eigenvalue weighted by Gasteiger charge is -2.22. The average Bonchev–Trinajstić information content (AvgIpc) is 3.05. The van der Waals surface area contributed by atoms with E-state index in [0.29, 0.717) is 30.2 Å². The van der Waals surface area contributed by atoms with Crippen molar-refractivity contribution in [2.45, 2.75) is 37.8 Å². The number of hydrogen-bond acceptors (Lipinski definition) is 8. The lowest BCUT2D eigenvalue weighted by atomic mass is 10.0. The molecule has 0 fully saturated rings. The maximum atomic E-state index is 13.3. The maximum Gasteiger partial charge on any atom is 0.255 e. The van der Waals surface area contributed by atoms with Crippen LogP contribution in [0.15, 0.2) is 72.8 Å². The molecule has 0 aliphatic carbocycles. The summed E-state index contributed by atoms with van der Waals surface area (Å²) in [5, 5.41) is 20.7. The lowest BCUT2D eigenvalue weighted by Crippen LogP contribution is -2.50. The fourth-order valence-corrected chi connectivity index (χ4v) is 4.63. The van der Waals surface area contributed by atoms with E-state index in [1.807, 2.05) is 0 Å². The number of ether oxygens (including phenoxy) is 3. The normalized spacial score (nSPS) is 17.8.